The second-order valence-electron chi connectivity index (χ2n) is 4.62. The zero-order valence-corrected chi connectivity index (χ0v) is 10.9. The Hall–Kier alpha value is -2.01. The number of aromatic nitrogens is 2. The fourth-order valence-corrected chi connectivity index (χ4v) is 2.24. The first kappa shape index (κ1) is 12.0. The highest BCUT2D eigenvalue weighted by Crippen LogP contribution is 2.36. The molecule has 0 amide bonds. The highest BCUT2D eigenvalue weighted by Gasteiger charge is 2.16. The average molecular weight is 259 g/mol. The van der Waals surface area contributed by atoms with Crippen LogP contribution in [0.1, 0.15) is 17.9 Å². The summed E-state index contributed by atoms with van der Waals surface area (Å²) in [5, 5.41) is 0. The van der Waals surface area contributed by atoms with E-state index in [9.17, 15) is 0 Å². The van der Waals surface area contributed by atoms with Crippen LogP contribution in [-0.4, -0.2) is 23.3 Å². The molecule has 0 saturated carbocycles. The molecular formula is C14H17N3O2. The number of imidazole rings is 1. The number of fused-ring (bicyclic) bond motifs is 1. The van der Waals surface area contributed by atoms with Gasteiger partial charge in [-0.3, -0.25) is 0 Å². The molecule has 0 atom stereocenters. The lowest BCUT2D eigenvalue weighted by Crippen LogP contribution is -2.01. The predicted molar refractivity (Wildman–Crippen MR) is 72.3 cm³/mol. The van der Waals surface area contributed by atoms with Gasteiger partial charge < -0.3 is 20.2 Å². The molecule has 0 fully saturated rings. The summed E-state index contributed by atoms with van der Waals surface area (Å²) >= 11 is 0. The summed E-state index contributed by atoms with van der Waals surface area (Å²) in [5.41, 5.74) is 8.58. The van der Waals surface area contributed by atoms with Crippen molar-refractivity contribution in [3.8, 4) is 22.8 Å². The van der Waals surface area contributed by atoms with E-state index in [-0.39, 0.29) is 0 Å². The molecule has 3 rings (SSSR count). The molecule has 19 heavy (non-hydrogen) atoms. The SMILES string of the molecule is Cc1[nH]c(CCCN)nc1-c1ccc2c(c1)OCO2. The quantitative estimate of drug-likeness (QED) is 0.880. The summed E-state index contributed by atoms with van der Waals surface area (Å²) < 4.78 is 10.7. The van der Waals surface area contributed by atoms with E-state index in [1.165, 1.54) is 0 Å². The van der Waals surface area contributed by atoms with Gasteiger partial charge in [-0.25, -0.2) is 4.98 Å². The normalized spacial score (nSPS) is 12.9. The van der Waals surface area contributed by atoms with Crippen molar-refractivity contribution in [3.05, 3.63) is 29.7 Å². The van der Waals surface area contributed by atoms with E-state index >= 15 is 0 Å². The number of nitrogens with one attached hydrogen (secondary N) is 1. The number of nitrogens with zero attached hydrogens (tertiary/aromatic N) is 1. The van der Waals surface area contributed by atoms with Gasteiger partial charge in [0.2, 0.25) is 6.79 Å². The molecule has 0 saturated heterocycles. The molecule has 1 aliphatic heterocycles. The van der Waals surface area contributed by atoms with Gasteiger partial charge >= 0.3 is 0 Å². The number of ether oxygens (including phenoxy) is 2. The number of aromatic amines is 1. The van der Waals surface area contributed by atoms with Gasteiger partial charge in [0.15, 0.2) is 11.5 Å². The third kappa shape index (κ3) is 2.29. The number of H-pyrrole nitrogens is 1. The van der Waals surface area contributed by atoms with E-state index in [4.69, 9.17) is 15.2 Å². The van der Waals surface area contributed by atoms with Gasteiger partial charge in [-0.1, -0.05) is 0 Å². The summed E-state index contributed by atoms with van der Waals surface area (Å²) in [6.07, 6.45) is 1.81. The molecule has 0 aliphatic carbocycles. The second-order valence-corrected chi connectivity index (χ2v) is 4.62. The zero-order chi connectivity index (χ0) is 13.2. The van der Waals surface area contributed by atoms with Gasteiger partial charge in [-0.05, 0) is 38.1 Å². The van der Waals surface area contributed by atoms with Crippen LogP contribution in [0.2, 0.25) is 0 Å². The molecule has 1 aromatic heterocycles. The van der Waals surface area contributed by atoms with Crippen LogP contribution >= 0.6 is 0 Å². The van der Waals surface area contributed by atoms with Crippen molar-refractivity contribution in [2.24, 2.45) is 5.73 Å². The fourth-order valence-electron chi connectivity index (χ4n) is 2.24. The van der Waals surface area contributed by atoms with Gasteiger partial charge in [0.05, 0.1) is 5.69 Å². The summed E-state index contributed by atoms with van der Waals surface area (Å²) in [7, 11) is 0. The van der Waals surface area contributed by atoms with Crippen molar-refractivity contribution < 1.29 is 9.47 Å². The molecule has 0 spiro atoms. The third-order valence-electron chi connectivity index (χ3n) is 3.20. The molecule has 5 heteroatoms. The number of benzene rings is 1. The standard InChI is InChI=1S/C14H17N3O2/c1-9-14(17-13(16-9)3-2-6-15)10-4-5-11-12(7-10)19-8-18-11/h4-5,7H,2-3,6,8,15H2,1H3,(H,16,17). The van der Waals surface area contributed by atoms with Crippen LogP contribution in [0.3, 0.4) is 0 Å². The molecule has 100 valence electrons. The van der Waals surface area contributed by atoms with Crippen LogP contribution in [0.5, 0.6) is 11.5 Å². The fraction of sp³-hybridized carbons (Fsp3) is 0.357. The first-order valence-corrected chi connectivity index (χ1v) is 6.43. The van der Waals surface area contributed by atoms with Crippen LogP contribution in [0, 0.1) is 6.92 Å². The molecule has 1 aromatic carbocycles. The van der Waals surface area contributed by atoms with Gasteiger partial charge in [0.1, 0.15) is 5.82 Å². The Labute approximate surface area is 111 Å². The lowest BCUT2D eigenvalue weighted by Gasteiger charge is -2.01. The smallest absolute Gasteiger partial charge is 0.231 e. The van der Waals surface area contributed by atoms with Crippen LogP contribution in [0.25, 0.3) is 11.3 Å². The Bertz CT molecular complexity index is 592. The van der Waals surface area contributed by atoms with Crippen molar-refractivity contribution in [1.82, 2.24) is 9.97 Å². The minimum absolute atomic E-state index is 0.292. The van der Waals surface area contributed by atoms with E-state index in [0.29, 0.717) is 13.3 Å². The Morgan fingerprint density at radius 1 is 1.32 bits per heavy atom. The Balaban J connectivity index is 1.91. The molecule has 0 bridgehead atoms. The summed E-state index contributed by atoms with van der Waals surface area (Å²) in [6, 6.07) is 5.90. The van der Waals surface area contributed by atoms with Gasteiger partial charge in [-0.2, -0.15) is 0 Å². The van der Waals surface area contributed by atoms with E-state index in [0.717, 1.165) is 47.1 Å². The minimum atomic E-state index is 0.292. The van der Waals surface area contributed by atoms with E-state index in [1.54, 1.807) is 0 Å². The Morgan fingerprint density at radius 3 is 3.00 bits per heavy atom. The molecular weight excluding hydrogens is 242 g/mol. The van der Waals surface area contributed by atoms with E-state index < -0.39 is 0 Å². The molecule has 0 unspecified atom stereocenters. The minimum Gasteiger partial charge on any atom is -0.454 e. The maximum atomic E-state index is 5.52. The summed E-state index contributed by atoms with van der Waals surface area (Å²) in [6.45, 7) is 3.00. The first-order chi connectivity index (χ1) is 9.28. The Kier molecular flexibility index (Phi) is 3.13. The van der Waals surface area contributed by atoms with Crippen LogP contribution in [0.4, 0.5) is 0 Å². The van der Waals surface area contributed by atoms with Crippen molar-refractivity contribution in [1.29, 1.82) is 0 Å². The third-order valence-corrected chi connectivity index (χ3v) is 3.20. The van der Waals surface area contributed by atoms with Gasteiger partial charge in [0, 0.05) is 17.7 Å². The molecule has 2 aromatic rings. The molecule has 1 aliphatic rings. The molecule has 2 heterocycles. The first-order valence-electron chi connectivity index (χ1n) is 6.43. The molecule has 0 radical (unpaired) electrons. The van der Waals surface area contributed by atoms with E-state index in [1.807, 2.05) is 25.1 Å². The van der Waals surface area contributed by atoms with E-state index in [2.05, 4.69) is 9.97 Å². The predicted octanol–water partition coefficient (Wildman–Crippen LogP) is 2.01. The van der Waals surface area contributed by atoms with Crippen LogP contribution in [0.15, 0.2) is 18.2 Å². The molecule has 3 N–H and O–H groups in total. The van der Waals surface area contributed by atoms with Crippen molar-refractivity contribution in [2.75, 3.05) is 13.3 Å². The monoisotopic (exact) mass is 259 g/mol. The van der Waals surface area contributed by atoms with Crippen LogP contribution in [-0.2, 0) is 6.42 Å². The maximum Gasteiger partial charge on any atom is 0.231 e. The topological polar surface area (TPSA) is 73.2 Å². The number of hydrogen-bond donors (Lipinski definition) is 2. The average Bonchev–Trinajstić information content (AvgIpc) is 3.01. The Morgan fingerprint density at radius 2 is 2.16 bits per heavy atom. The number of nitrogens with two attached hydrogens (primary N) is 1. The lowest BCUT2D eigenvalue weighted by molar-refractivity contribution is 0.174. The van der Waals surface area contributed by atoms with Gasteiger partial charge in [-0.15, -0.1) is 0 Å². The second kappa shape index (κ2) is 4.93. The van der Waals surface area contributed by atoms with Crippen molar-refractivity contribution in [2.45, 2.75) is 19.8 Å². The largest absolute Gasteiger partial charge is 0.454 e. The van der Waals surface area contributed by atoms with Crippen molar-refractivity contribution >= 4 is 0 Å². The zero-order valence-electron chi connectivity index (χ0n) is 10.9. The number of hydrogen-bond acceptors (Lipinski definition) is 4. The lowest BCUT2D eigenvalue weighted by atomic mass is 10.1. The maximum absolute atomic E-state index is 5.52. The summed E-state index contributed by atoms with van der Waals surface area (Å²) in [5.74, 6) is 2.55. The molecule has 5 nitrogen and oxygen atoms in total. The highest BCUT2D eigenvalue weighted by molar-refractivity contribution is 5.66. The highest BCUT2D eigenvalue weighted by atomic mass is 16.7. The summed E-state index contributed by atoms with van der Waals surface area (Å²) in [4.78, 5) is 7.94. The number of rotatable bonds is 4. The number of aryl methyl sites for hydroxylation is 2. The van der Waals surface area contributed by atoms with Crippen molar-refractivity contribution in [3.63, 3.8) is 0 Å². The van der Waals surface area contributed by atoms with Crippen LogP contribution < -0.4 is 15.2 Å². The van der Waals surface area contributed by atoms with Gasteiger partial charge in [0.25, 0.3) is 0 Å².